The molecule has 0 aliphatic heterocycles. The maximum absolute atomic E-state index is 11.3. The Kier molecular flexibility index (Phi) is 4.04. The average Bonchev–Trinajstić information content (AvgIpc) is 2.59. The molecule has 0 aliphatic rings. The summed E-state index contributed by atoms with van der Waals surface area (Å²) in [5.74, 6) is -0.179. The van der Waals surface area contributed by atoms with Crippen LogP contribution < -0.4 is 11.1 Å². The third-order valence-corrected chi connectivity index (χ3v) is 1.56. The third-order valence-electron chi connectivity index (χ3n) is 1.56. The molecule has 0 saturated heterocycles. The quantitative estimate of drug-likeness (QED) is 0.574. The Morgan fingerprint density at radius 2 is 2.40 bits per heavy atom. The summed E-state index contributed by atoms with van der Waals surface area (Å²) in [5.41, 5.74) is 5.25. The van der Waals surface area contributed by atoms with Crippen LogP contribution in [0.2, 0.25) is 0 Å². The molecule has 1 aromatic rings. The van der Waals surface area contributed by atoms with E-state index in [1.807, 2.05) is 13.8 Å². The van der Waals surface area contributed by atoms with Gasteiger partial charge in [-0.3, -0.25) is 9.89 Å². The zero-order valence-corrected chi connectivity index (χ0v) is 8.78. The van der Waals surface area contributed by atoms with E-state index in [1.54, 1.807) is 0 Å². The van der Waals surface area contributed by atoms with E-state index in [9.17, 15) is 4.79 Å². The van der Waals surface area contributed by atoms with Crippen molar-refractivity contribution in [2.24, 2.45) is 0 Å². The molecule has 15 heavy (non-hydrogen) atoms. The van der Waals surface area contributed by atoms with Crippen LogP contribution in [0, 0.1) is 0 Å². The molecular weight excluding hydrogens is 198 g/mol. The van der Waals surface area contributed by atoms with Crippen molar-refractivity contribution in [1.82, 2.24) is 20.5 Å². The molecule has 7 nitrogen and oxygen atoms in total. The van der Waals surface area contributed by atoms with Gasteiger partial charge in [0.25, 0.3) is 5.91 Å². The Labute approximate surface area is 87.4 Å². The van der Waals surface area contributed by atoms with Crippen molar-refractivity contribution >= 4 is 11.9 Å². The fourth-order valence-electron chi connectivity index (χ4n) is 0.919. The Morgan fingerprint density at radius 1 is 1.67 bits per heavy atom. The summed E-state index contributed by atoms with van der Waals surface area (Å²) in [7, 11) is 0. The number of nitrogens with one attached hydrogen (secondary N) is 2. The first-order valence-corrected chi connectivity index (χ1v) is 4.67. The Bertz CT molecular complexity index is 323. The molecule has 1 amide bonds. The van der Waals surface area contributed by atoms with Crippen LogP contribution in [0.5, 0.6) is 0 Å². The molecular formula is C8H15N5O2. The van der Waals surface area contributed by atoms with Crippen molar-refractivity contribution in [2.75, 3.05) is 18.9 Å². The average molecular weight is 213 g/mol. The van der Waals surface area contributed by atoms with Gasteiger partial charge in [-0.2, -0.15) is 4.98 Å². The number of H-pyrrole nitrogens is 1. The molecule has 0 radical (unpaired) electrons. The number of rotatable bonds is 5. The lowest BCUT2D eigenvalue weighted by Crippen LogP contribution is -2.28. The fraction of sp³-hybridized carbons (Fsp3) is 0.625. The Hall–Kier alpha value is -1.63. The number of nitrogens with two attached hydrogens (primary N) is 1. The van der Waals surface area contributed by atoms with Gasteiger partial charge < -0.3 is 15.8 Å². The van der Waals surface area contributed by atoms with Crippen LogP contribution in [0.15, 0.2) is 0 Å². The molecule has 1 rings (SSSR count). The van der Waals surface area contributed by atoms with Gasteiger partial charge in [0.05, 0.1) is 12.7 Å². The summed E-state index contributed by atoms with van der Waals surface area (Å²) in [6, 6.07) is 0. The molecule has 4 N–H and O–H groups in total. The van der Waals surface area contributed by atoms with Gasteiger partial charge in [-0.05, 0) is 13.8 Å². The molecule has 0 bridgehead atoms. The summed E-state index contributed by atoms with van der Waals surface area (Å²) < 4.78 is 5.25. The first-order chi connectivity index (χ1) is 7.09. The van der Waals surface area contributed by atoms with Crippen LogP contribution in [0.4, 0.5) is 5.95 Å². The molecule has 7 heteroatoms. The monoisotopic (exact) mass is 213 g/mol. The lowest BCUT2D eigenvalue weighted by atomic mass is 10.5. The van der Waals surface area contributed by atoms with Gasteiger partial charge >= 0.3 is 0 Å². The molecule has 0 aromatic carbocycles. The third kappa shape index (κ3) is 3.94. The number of amides is 1. The number of carbonyl (C=O) groups is 1. The number of nitrogen functional groups attached to an aromatic ring is 1. The Morgan fingerprint density at radius 3 is 2.93 bits per heavy atom. The van der Waals surface area contributed by atoms with E-state index in [-0.39, 0.29) is 23.8 Å². The molecule has 0 aliphatic carbocycles. The summed E-state index contributed by atoms with van der Waals surface area (Å²) in [6.45, 7) is 4.75. The SMILES string of the molecule is CC(C)OCCNC(=O)c1nc(N)n[nH]1. The number of anilines is 1. The van der Waals surface area contributed by atoms with E-state index in [4.69, 9.17) is 10.5 Å². The molecule has 0 fully saturated rings. The van der Waals surface area contributed by atoms with E-state index in [2.05, 4.69) is 20.5 Å². The molecule has 0 saturated carbocycles. The van der Waals surface area contributed by atoms with Crippen LogP contribution in [0.3, 0.4) is 0 Å². The minimum atomic E-state index is -0.341. The minimum absolute atomic E-state index is 0.0542. The maximum Gasteiger partial charge on any atom is 0.288 e. The standard InChI is InChI=1S/C8H15N5O2/c1-5(2)15-4-3-10-7(14)6-11-8(9)13-12-6/h5H,3-4H2,1-2H3,(H,10,14)(H3,9,11,12,13). The number of hydrogen-bond donors (Lipinski definition) is 3. The summed E-state index contributed by atoms with van der Waals surface area (Å²) in [5, 5.41) is 8.57. The van der Waals surface area contributed by atoms with Gasteiger partial charge in [0.2, 0.25) is 11.8 Å². The second-order valence-electron chi connectivity index (χ2n) is 3.22. The van der Waals surface area contributed by atoms with Gasteiger partial charge in [0, 0.05) is 6.54 Å². The maximum atomic E-state index is 11.3. The van der Waals surface area contributed by atoms with Crippen molar-refractivity contribution in [3.05, 3.63) is 5.82 Å². The smallest absolute Gasteiger partial charge is 0.288 e. The number of hydrogen-bond acceptors (Lipinski definition) is 5. The predicted molar refractivity (Wildman–Crippen MR) is 54.2 cm³/mol. The van der Waals surface area contributed by atoms with Gasteiger partial charge in [0.1, 0.15) is 0 Å². The number of aromatic nitrogens is 3. The van der Waals surface area contributed by atoms with Gasteiger partial charge in [-0.1, -0.05) is 0 Å². The van der Waals surface area contributed by atoms with E-state index >= 15 is 0 Å². The van der Waals surface area contributed by atoms with E-state index in [1.165, 1.54) is 0 Å². The van der Waals surface area contributed by atoms with E-state index < -0.39 is 0 Å². The van der Waals surface area contributed by atoms with E-state index in [0.29, 0.717) is 13.2 Å². The van der Waals surface area contributed by atoms with Gasteiger partial charge in [0.15, 0.2) is 0 Å². The first-order valence-electron chi connectivity index (χ1n) is 4.67. The molecule has 84 valence electrons. The highest BCUT2D eigenvalue weighted by atomic mass is 16.5. The minimum Gasteiger partial charge on any atom is -0.377 e. The summed E-state index contributed by atoms with van der Waals surface area (Å²) in [6.07, 6.45) is 0.155. The van der Waals surface area contributed by atoms with Crippen molar-refractivity contribution in [2.45, 2.75) is 20.0 Å². The van der Waals surface area contributed by atoms with Crippen LogP contribution in [-0.4, -0.2) is 40.3 Å². The van der Waals surface area contributed by atoms with Crippen molar-refractivity contribution < 1.29 is 9.53 Å². The summed E-state index contributed by atoms with van der Waals surface area (Å²) >= 11 is 0. The van der Waals surface area contributed by atoms with Crippen molar-refractivity contribution in [1.29, 1.82) is 0 Å². The fourth-order valence-corrected chi connectivity index (χ4v) is 0.919. The highest BCUT2D eigenvalue weighted by Gasteiger charge is 2.09. The molecule has 0 atom stereocenters. The van der Waals surface area contributed by atoms with Crippen LogP contribution >= 0.6 is 0 Å². The number of carbonyl (C=O) groups excluding carboxylic acids is 1. The lowest BCUT2D eigenvalue weighted by Gasteiger charge is -2.07. The van der Waals surface area contributed by atoms with Gasteiger partial charge in [-0.25, -0.2) is 0 Å². The molecule has 1 heterocycles. The van der Waals surface area contributed by atoms with Crippen molar-refractivity contribution in [3.63, 3.8) is 0 Å². The largest absolute Gasteiger partial charge is 0.377 e. The van der Waals surface area contributed by atoms with Crippen molar-refractivity contribution in [3.8, 4) is 0 Å². The molecule has 0 spiro atoms. The van der Waals surface area contributed by atoms with Gasteiger partial charge in [-0.15, -0.1) is 5.10 Å². The first kappa shape index (κ1) is 11.4. The topological polar surface area (TPSA) is 106 Å². The van der Waals surface area contributed by atoms with Crippen LogP contribution in [-0.2, 0) is 4.74 Å². The second kappa shape index (κ2) is 5.30. The highest BCUT2D eigenvalue weighted by Crippen LogP contribution is 1.92. The summed E-state index contributed by atoms with van der Waals surface area (Å²) in [4.78, 5) is 15.0. The number of ether oxygens (including phenoxy) is 1. The normalized spacial score (nSPS) is 10.6. The zero-order valence-electron chi connectivity index (χ0n) is 8.78. The Balaban J connectivity index is 2.25. The predicted octanol–water partition coefficient (Wildman–Crippen LogP) is -0.458. The lowest BCUT2D eigenvalue weighted by molar-refractivity contribution is 0.0743. The number of aromatic amines is 1. The van der Waals surface area contributed by atoms with Crippen LogP contribution in [0.25, 0.3) is 0 Å². The second-order valence-corrected chi connectivity index (χ2v) is 3.22. The zero-order chi connectivity index (χ0) is 11.3. The number of nitrogens with zero attached hydrogens (tertiary/aromatic N) is 2. The van der Waals surface area contributed by atoms with Crippen LogP contribution in [0.1, 0.15) is 24.5 Å². The highest BCUT2D eigenvalue weighted by molar-refractivity contribution is 5.90. The molecule has 1 aromatic heterocycles. The molecule has 0 unspecified atom stereocenters. The van der Waals surface area contributed by atoms with E-state index in [0.717, 1.165) is 0 Å².